The van der Waals surface area contributed by atoms with Crippen LogP contribution in [0.1, 0.15) is 48.0 Å². The van der Waals surface area contributed by atoms with Crippen LogP contribution < -0.4 is 0 Å². The molecular weight excluding hydrogens is 131 g/mol. The normalized spacial score (nSPS) is 13.3. The van der Waals surface area contributed by atoms with Crippen molar-refractivity contribution in [2.24, 2.45) is 5.41 Å². The zero-order chi connectivity index (χ0) is 9.12. The van der Waals surface area contributed by atoms with Gasteiger partial charge in [0.1, 0.15) is 7.28 Å². The average Bonchev–Trinajstić information content (AvgIpc) is 1.81. The van der Waals surface area contributed by atoms with E-state index in [0.29, 0.717) is 10.7 Å². The first-order chi connectivity index (χ1) is 4.81. The molecule has 0 bridgehead atoms. The monoisotopic (exact) mass is 153 g/mol. The Morgan fingerprint density at radius 3 is 1.73 bits per heavy atom. The van der Waals surface area contributed by atoms with Crippen molar-refractivity contribution in [1.29, 1.82) is 0 Å². The molecule has 11 heavy (non-hydrogen) atoms. The molecule has 1 radical (unpaired) electrons. The minimum Gasteiger partial charge on any atom is -0.0798 e. The lowest BCUT2D eigenvalue weighted by atomic mass is 9.43. The molecule has 0 spiro atoms. The standard InChI is InChI=1S/C10H22B/c1-7-8-11-10(5,6)9(2,3)4/h7-8H2,1-6H3. The van der Waals surface area contributed by atoms with Crippen molar-refractivity contribution in [3.8, 4) is 0 Å². The smallest absolute Gasteiger partial charge is 0.0798 e. The molecule has 0 heterocycles. The summed E-state index contributed by atoms with van der Waals surface area (Å²) >= 11 is 0. The van der Waals surface area contributed by atoms with Crippen LogP contribution in [0.3, 0.4) is 0 Å². The van der Waals surface area contributed by atoms with Gasteiger partial charge in [0.05, 0.1) is 0 Å². The van der Waals surface area contributed by atoms with E-state index >= 15 is 0 Å². The molecule has 0 aromatic heterocycles. The summed E-state index contributed by atoms with van der Waals surface area (Å²) in [6.07, 6.45) is 2.50. The van der Waals surface area contributed by atoms with Crippen molar-refractivity contribution in [1.82, 2.24) is 0 Å². The van der Waals surface area contributed by atoms with Gasteiger partial charge in [0.2, 0.25) is 0 Å². The molecule has 0 aliphatic carbocycles. The highest BCUT2D eigenvalue weighted by atomic mass is 14.3. The minimum absolute atomic E-state index is 0.364. The Balaban J connectivity index is 4.00. The zero-order valence-corrected chi connectivity index (χ0v) is 8.99. The Hall–Kier alpha value is 0.0649. The van der Waals surface area contributed by atoms with Crippen molar-refractivity contribution < 1.29 is 0 Å². The largest absolute Gasteiger partial charge is 0.117 e. The van der Waals surface area contributed by atoms with Gasteiger partial charge >= 0.3 is 0 Å². The molecule has 0 saturated heterocycles. The van der Waals surface area contributed by atoms with Crippen molar-refractivity contribution >= 4 is 7.28 Å². The van der Waals surface area contributed by atoms with Crippen molar-refractivity contribution in [3.05, 3.63) is 0 Å². The van der Waals surface area contributed by atoms with Crippen LogP contribution in [-0.2, 0) is 0 Å². The predicted octanol–water partition coefficient (Wildman–Crippen LogP) is 3.76. The summed E-state index contributed by atoms with van der Waals surface area (Å²) < 4.78 is 0. The molecule has 0 aromatic rings. The Bertz CT molecular complexity index is 109. The number of hydrogen-bond acceptors (Lipinski definition) is 0. The lowest BCUT2D eigenvalue weighted by molar-refractivity contribution is 0.298. The summed E-state index contributed by atoms with van der Waals surface area (Å²) in [6.45, 7) is 13.8. The van der Waals surface area contributed by atoms with E-state index in [-0.39, 0.29) is 0 Å². The van der Waals surface area contributed by atoms with E-state index in [9.17, 15) is 0 Å². The van der Waals surface area contributed by atoms with Crippen LogP contribution in [0.25, 0.3) is 0 Å². The first kappa shape index (κ1) is 11.1. The highest BCUT2D eigenvalue weighted by Gasteiger charge is 2.31. The van der Waals surface area contributed by atoms with Gasteiger partial charge in [-0.3, -0.25) is 0 Å². The van der Waals surface area contributed by atoms with Gasteiger partial charge in [-0.05, 0) is 5.41 Å². The summed E-state index contributed by atoms with van der Waals surface area (Å²) in [5, 5.41) is 0.364. The third-order valence-corrected chi connectivity index (χ3v) is 2.88. The molecule has 65 valence electrons. The van der Waals surface area contributed by atoms with Crippen molar-refractivity contribution in [2.45, 2.75) is 59.6 Å². The highest BCUT2D eigenvalue weighted by molar-refractivity contribution is 6.40. The molecule has 0 saturated carbocycles. The predicted molar refractivity (Wildman–Crippen MR) is 54.3 cm³/mol. The summed E-state index contributed by atoms with van der Waals surface area (Å²) in [7, 11) is 2.45. The van der Waals surface area contributed by atoms with Crippen LogP contribution in [-0.4, -0.2) is 7.28 Å². The summed E-state index contributed by atoms with van der Waals surface area (Å²) in [5.41, 5.74) is 0.391. The van der Waals surface area contributed by atoms with Gasteiger partial charge in [-0.25, -0.2) is 0 Å². The minimum atomic E-state index is 0.364. The van der Waals surface area contributed by atoms with Crippen LogP contribution in [0, 0.1) is 5.41 Å². The van der Waals surface area contributed by atoms with Crippen molar-refractivity contribution in [3.63, 3.8) is 0 Å². The molecule has 0 N–H and O–H groups in total. The van der Waals surface area contributed by atoms with Crippen molar-refractivity contribution in [2.75, 3.05) is 0 Å². The van der Waals surface area contributed by atoms with Crippen LogP contribution in [0.5, 0.6) is 0 Å². The summed E-state index contributed by atoms with van der Waals surface area (Å²) in [5.74, 6) is 0. The fourth-order valence-corrected chi connectivity index (χ4v) is 0.811. The second-order valence-corrected chi connectivity index (χ2v) is 4.96. The second kappa shape index (κ2) is 3.64. The van der Waals surface area contributed by atoms with Crippen LogP contribution in [0.2, 0.25) is 11.6 Å². The van der Waals surface area contributed by atoms with E-state index in [1.165, 1.54) is 12.7 Å². The molecule has 0 nitrogen and oxygen atoms in total. The molecule has 0 aromatic carbocycles. The van der Waals surface area contributed by atoms with Gasteiger partial charge < -0.3 is 0 Å². The molecule has 0 amide bonds. The van der Waals surface area contributed by atoms with E-state index in [1.54, 1.807) is 0 Å². The van der Waals surface area contributed by atoms with Crippen LogP contribution in [0.4, 0.5) is 0 Å². The quantitative estimate of drug-likeness (QED) is 0.541. The molecule has 0 fully saturated rings. The lowest BCUT2D eigenvalue weighted by Gasteiger charge is -2.38. The van der Waals surface area contributed by atoms with Crippen LogP contribution in [0.15, 0.2) is 0 Å². The SMILES string of the molecule is CCC[B]C(C)(C)C(C)(C)C. The van der Waals surface area contributed by atoms with Gasteiger partial charge in [-0.1, -0.05) is 59.6 Å². The molecular formula is C10H22B. The van der Waals surface area contributed by atoms with Gasteiger partial charge in [0.15, 0.2) is 0 Å². The zero-order valence-electron chi connectivity index (χ0n) is 8.99. The topological polar surface area (TPSA) is 0 Å². The van der Waals surface area contributed by atoms with Gasteiger partial charge in [0, 0.05) is 0 Å². The second-order valence-electron chi connectivity index (χ2n) is 4.96. The fourth-order valence-electron chi connectivity index (χ4n) is 0.811. The maximum Gasteiger partial charge on any atom is 0.117 e. The third-order valence-electron chi connectivity index (χ3n) is 2.88. The van der Waals surface area contributed by atoms with Gasteiger partial charge in [-0.15, -0.1) is 0 Å². The fraction of sp³-hybridized carbons (Fsp3) is 1.00. The van der Waals surface area contributed by atoms with E-state index in [4.69, 9.17) is 0 Å². The molecule has 0 atom stereocenters. The molecule has 0 aliphatic heterocycles. The van der Waals surface area contributed by atoms with E-state index in [1.807, 2.05) is 0 Å². The van der Waals surface area contributed by atoms with Gasteiger partial charge in [-0.2, -0.15) is 0 Å². The first-order valence-electron chi connectivity index (χ1n) is 4.65. The maximum atomic E-state index is 2.45. The molecule has 1 heteroatoms. The highest BCUT2D eigenvalue weighted by Crippen LogP contribution is 2.44. The first-order valence-corrected chi connectivity index (χ1v) is 4.65. The number of hydrogen-bond donors (Lipinski definition) is 0. The van der Waals surface area contributed by atoms with Gasteiger partial charge in [0.25, 0.3) is 0 Å². The number of rotatable bonds is 3. The van der Waals surface area contributed by atoms with Crippen LogP contribution >= 0.6 is 0 Å². The Morgan fingerprint density at radius 2 is 1.45 bits per heavy atom. The summed E-state index contributed by atoms with van der Waals surface area (Å²) in [6, 6.07) is 0. The molecule has 0 aliphatic rings. The van der Waals surface area contributed by atoms with E-state index in [2.05, 4.69) is 48.8 Å². The Kier molecular flexibility index (Phi) is 3.67. The Morgan fingerprint density at radius 1 is 1.00 bits per heavy atom. The van der Waals surface area contributed by atoms with E-state index < -0.39 is 0 Å². The maximum absolute atomic E-state index is 2.45. The molecule has 0 unspecified atom stereocenters. The third kappa shape index (κ3) is 3.31. The molecule has 0 rings (SSSR count). The lowest BCUT2D eigenvalue weighted by Crippen LogP contribution is -2.28. The summed E-state index contributed by atoms with van der Waals surface area (Å²) in [4.78, 5) is 0. The average molecular weight is 153 g/mol. The van der Waals surface area contributed by atoms with E-state index in [0.717, 1.165) is 0 Å². The Labute approximate surface area is 73.0 Å².